The number of fused-ring (bicyclic) bond motifs is 1. The summed E-state index contributed by atoms with van der Waals surface area (Å²) in [6.07, 6.45) is 0.806. The van der Waals surface area contributed by atoms with E-state index in [1.165, 1.54) is 4.90 Å². The maximum atomic E-state index is 14.0. The van der Waals surface area contributed by atoms with Gasteiger partial charge in [0.25, 0.3) is 11.5 Å². The second-order valence-electron chi connectivity index (χ2n) is 21.2. The van der Waals surface area contributed by atoms with Gasteiger partial charge in [0.15, 0.2) is 0 Å². The monoisotopic (exact) mass is 1080 g/mol. The van der Waals surface area contributed by atoms with Crippen LogP contribution >= 0.6 is 11.3 Å². The number of carbonyl (C=O) groups excluding carboxylic acids is 5. The molecule has 2 aliphatic heterocycles. The van der Waals surface area contributed by atoms with Gasteiger partial charge < -0.3 is 59.4 Å². The minimum atomic E-state index is -0.984. The molecule has 0 spiro atoms. The molecule has 77 heavy (non-hydrogen) atoms. The third-order valence-corrected chi connectivity index (χ3v) is 15.5. The molecule has 5 heterocycles. The van der Waals surface area contributed by atoms with Gasteiger partial charge in [-0.05, 0) is 87.6 Å². The number of aliphatic hydroxyl groups excluding tert-OH is 1. The summed E-state index contributed by atoms with van der Waals surface area (Å²) >= 11 is 1.57. The minimum absolute atomic E-state index is 0.0297. The van der Waals surface area contributed by atoms with Crippen molar-refractivity contribution in [1.29, 1.82) is 0 Å². The molecule has 0 bridgehead atoms. The number of hydrogen-bond donors (Lipinski definition) is 5. The van der Waals surface area contributed by atoms with Gasteiger partial charge in [0, 0.05) is 73.0 Å². The number of aromatic amines is 1. The first-order valence-corrected chi connectivity index (χ1v) is 27.4. The Labute approximate surface area is 454 Å². The number of piperidine rings is 1. The van der Waals surface area contributed by atoms with Crippen molar-refractivity contribution < 1.29 is 48.0 Å². The number of pyridine rings is 1. The molecular weight excluding hydrogens is 1000 g/mol. The standard InChI is InChI=1S/C57H76N8O11S/c1-35-27-36(2)61-53(69)45(35)30-59-55(71)50-39(5)65(46-12-10-9-11-44(46)50)38(4)41-17-19-63(20-18-41)49(68)33-76-26-24-74-22-21-73-23-25-75-32-48(67)62-52(57(6,7)8)56(72)64-31-43(66)28-47(64)54(70)58-29-40-13-15-42(16-14-40)51-37(3)60-34-77-51/h9-16,27,34,38,41,43,47,52,66H,17-26,28-33H2,1-8H3,(H,58,70)(H,59,71)(H,61,69)(H,62,67)/t38?,43-,47+,52-/m1/s1. The van der Waals surface area contributed by atoms with Crippen LogP contribution in [-0.2, 0) is 51.2 Å². The number of aliphatic hydroxyl groups is 1. The molecule has 0 radical (unpaired) electrons. The van der Waals surface area contributed by atoms with Crippen molar-refractivity contribution in [1.82, 2.24) is 40.3 Å². The van der Waals surface area contributed by atoms with E-state index in [0.717, 1.165) is 62.4 Å². The molecule has 5 amide bonds. The molecule has 4 atom stereocenters. The summed E-state index contributed by atoms with van der Waals surface area (Å²) in [6.45, 7) is 17.9. The van der Waals surface area contributed by atoms with Crippen LogP contribution < -0.4 is 21.5 Å². The second kappa shape index (κ2) is 26.9. The van der Waals surface area contributed by atoms with Crippen LogP contribution in [0.2, 0.25) is 0 Å². The highest BCUT2D eigenvalue weighted by Crippen LogP contribution is 2.36. The molecule has 19 nitrogen and oxygen atoms in total. The molecule has 0 aliphatic carbocycles. The Morgan fingerprint density at radius 2 is 1.51 bits per heavy atom. The molecule has 2 aromatic carbocycles. The summed E-state index contributed by atoms with van der Waals surface area (Å²) in [5.74, 6) is -1.37. The Kier molecular flexibility index (Phi) is 20.4. The van der Waals surface area contributed by atoms with Gasteiger partial charge in [-0.25, -0.2) is 4.98 Å². The highest BCUT2D eigenvalue weighted by Gasteiger charge is 2.44. The van der Waals surface area contributed by atoms with Gasteiger partial charge in [0.05, 0.1) is 67.4 Å². The molecule has 416 valence electrons. The number of likely N-dealkylation sites (tertiary alicyclic amines) is 2. The number of rotatable bonds is 24. The van der Waals surface area contributed by atoms with Gasteiger partial charge >= 0.3 is 0 Å². The lowest BCUT2D eigenvalue weighted by atomic mass is 9.85. The maximum Gasteiger partial charge on any atom is 0.254 e. The fourth-order valence-corrected chi connectivity index (χ4v) is 11.2. The Morgan fingerprint density at radius 3 is 2.14 bits per heavy atom. The van der Waals surface area contributed by atoms with Crippen molar-refractivity contribution in [2.24, 2.45) is 11.3 Å². The summed E-state index contributed by atoms with van der Waals surface area (Å²) in [4.78, 5) is 91.3. The molecule has 2 fully saturated rings. The van der Waals surface area contributed by atoms with Crippen molar-refractivity contribution in [3.8, 4) is 10.4 Å². The van der Waals surface area contributed by atoms with Crippen molar-refractivity contribution in [3.05, 3.63) is 110 Å². The third-order valence-electron chi connectivity index (χ3n) is 14.6. The van der Waals surface area contributed by atoms with Crippen LogP contribution in [0, 0.1) is 39.0 Å². The van der Waals surface area contributed by atoms with Crippen molar-refractivity contribution in [2.45, 2.75) is 112 Å². The molecule has 2 aliphatic rings. The maximum absolute atomic E-state index is 14.0. The van der Waals surface area contributed by atoms with E-state index in [1.54, 1.807) is 11.3 Å². The number of nitrogens with zero attached hydrogens (tertiary/aromatic N) is 4. The first kappa shape index (κ1) is 58.4. The fraction of sp³-hybridized carbons (Fsp3) is 0.526. The van der Waals surface area contributed by atoms with E-state index in [2.05, 4.69) is 37.4 Å². The molecule has 5 aromatic rings. The largest absolute Gasteiger partial charge is 0.391 e. The SMILES string of the molecule is Cc1cc(C)c(CNC(=O)c2c(C)n(C(C)C3CCN(C(=O)COCCOCCOCCOCC(=O)N[C@H](C(=O)N4C[C@H](O)C[C@H]4C(=O)NCc4ccc(-c5scnc5C)cc4)C(C)(C)C)CC3)c3ccccc23)c(=O)[nH]1. The van der Waals surface area contributed by atoms with Gasteiger partial charge in [-0.1, -0.05) is 63.2 Å². The van der Waals surface area contributed by atoms with Gasteiger partial charge in [0.1, 0.15) is 25.3 Å². The molecular formula is C57H76N8O11S. The number of benzene rings is 2. The average molecular weight is 1080 g/mol. The number of ether oxygens (including phenoxy) is 4. The van der Waals surface area contributed by atoms with Crippen LogP contribution in [0.1, 0.15) is 97.1 Å². The number of nitrogens with one attached hydrogen (secondary N) is 4. The number of aryl methyl sites for hydroxylation is 3. The van der Waals surface area contributed by atoms with E-state index in [1.807, 2.05) is 113 Å². The summed E-state index contributed by atoms with van der Waals surface area (Å²) in [6, 6.07) is 15.8. The lowest BCUT2D eigenvalue weighted by Crippen LogP contribution is -2.58. The molecule has 1 unspecified atom stereocenters. The Bertz CT molecular complexity index is 2900. The number of thiazole rings is 1. The molecule has 0 saturated carbocycles. The number of hydrogen-bond acceptors (Lipinski definition) is 13. The van der Waals surface area contributed by atoms with Crippen LogP contribution in [0.25, 0.3) is 21.3 Å². The van der Waals surface area contributed by atoms with E-state index in [4.69, 9.17) is 18.9 Å². The van der Waals surface area contributed by atoms with E-state index >= 15 is 0 Å². The number of para-hydroxylation sites is 1. The summed E-state index contributed by atoms with van der Waals surface area (Å²) in [7, 11) is 0. The van der Waals surface area contributed by atoms with Gasteiger partial charge in [0.2, 0.25) is 23.6 Å². The first-order valence-electron chi connectivity index (χ1n) is 26.5. The lowest BCUT2D eigenvalue weighted by Gasteiger charge is -2.36. The predicted molar refractivity (Wildman–Crippen MR) is 293 cm³/mol. The number of H-pyrrole nitrogens is 1. The van der Waals surface area contributed by atoms with Crippen molar-refractivity contribution >= 4 is 51.8 Å². The highest BCUT2D eigenvalue weighted by molar-refractivity contribution is 7.13. The zero-order chi connectivity index (χ0) is 55.4. The van der Waals surface area contributed by atoms with Crippen LogP contribution in [0.15, 0.2) is 64.9 Å². The quantitative estimate of drug-likeness (QED) is 0.0496. The minimum Gasteiger partial charge on any atom is -0.391 e. The van der Waals surface area contributed by atoms with Gasteiger partial charge in [-0.15, -0.1) is 11.3 Å². The Morgan fingerprint density at radius 1 is 0.857 bits per heavy atom. The molecule has 2 saturated heterocycles. The number of carbonyl (C=O) groups is 5. The summed E-state index contributed by atoms with van der Waals surface area (Å²) < 4.78 is 24.6. The fourth-order valence-electron chi connectivity index (χ4n) is 10.4. The zero-order valence-electron chi connectivity index (χ0n) is 45.7. The van der Waals surface area contributed by atoms with Crippen molar-refractivity contribution in [3.63, 3.8) is 0 Å². The van der Waals surface area contributed by atoms with E-state index in [-0.39, 0.29) is 108 Å². The molecule has 20 heteroatoms. The lowest BCUT2D eigenvalue weighted by molar-refractivity contribution is -0.144. The number of aromatic nitrogens is 3. The smallest absolute Gasteiger partial charge is 0.254 e. The number of amides is 5. The van der Waals surface area contributed by atoms with Crippen LogP contribution in [0.4, 0.5) is 0 Å². The normalized spacial score (nSPS) is 16.9. The summed E-state index contributed by atoms with van der Waals surface area (Å²) in [5.41, 5.74) is 8.33. The highest BCUT2D eigenvalue weighted by atomic mass is 32.1. The first-order chi connectivity index (χ1) is 36.8. The zero-order valence-corrected chi connectivity index (χ0v) is 46.5. The average Bonchev–Trinajstić information content (AvgIpc) is 4.10. The number of β-amino-alcohol motifs (C(OH)–C–C–N with tert-alkyl or cyclic N) is 1. The summed E-state index contributed by atoms with van der Waals surface area (Å²) in [5, 5.41) is 20.1. The molecule has 7 rings (SSSR count). The van der Waals surface area contributed by atoms with Crippen LogP contribution in [0.3, 0.4) is 0 Å². The third kappa shape index (κ3) is 15.1. The second-order valence-corrected chi connectivity index (χ2v) is 22.1. The molecule has 3 aromatic heterocycles. The predicted octanol–water partition coefficient (Wildman–Crippen LogP) is 5.29. The molecule has 5 N–H and O–H groups in total. The van der Waals surface area contributed by atoms with E-state index in [9.17, 15) is 33.9 Å². The Balaban J connectivity index is 0.744. The van der Waals surface area contributed by atoms with E-state index < -0.39 is 35.4 Å². The van der Waals surface area contributed by atoms with Gasteiger partial charge in [-0.3, -0.25) is 28.8 Å². The van der Waals surface area contributed by atoms with Crippen LogP contribution in [-0.4, -0.2) is 150 Å². The Hall–Kier alpha value is -6.29. The topological polar surface area (TPSA) is 236 Å². The van der Waals surface area contributed by atoms with Gasteiger partial charge in [-0.2, -0.15) is 0 Å². The van der Waals surface area contributed by atoms with Crippen molar-refractivity contribution in [2.75, 3.05) is 72.5 Å². The van der Waals surface area contributed by atoms with Crippen LogP contribution in [0.5, 0.6) is 0 Å². The van der Waals surface area contributed by atoms with E-state index in [0.29, 0.717) is 30.8 Å².